The fourth-order valence-electron chi connectivity index (χ4n) is 1.12. The molecule has 114 valence electrons. The Balaban J connectivity index is 4.06. The van der Waals surface area contributed by atoms with Gasteiger partial charge >= 0.3 is 6.09 Å². The number of rotatable bonds is 6. The van der Waals surface area contributed by atoms with Crippen molar-refractivity contribution in [3.63, 3.8) is 0 Å². The van der Waals surface area contributed by atoms with Gasteiger partial charge in [0.15, 0.2) is 0 Å². The molecule has 0 heterocycles. The first-order valence-corrected chi connectivity index (χ1v) is 6.51. The average Bonchev–Trinajstić information content (AvgIpc) is 2.21. The summed E-state index contributed by atoms with van der Waals surface area (Å²) in [6, 6.07) is -0.00704. The summed E-state index contributed by atoms with van der Waals surface area (Å²) in [5, 5.41) is 4.83. The standard InChI is InChI=1S/C13H26F2N2O2/c1-9(2)10(3)16-7-13(14,15)8-17-11(18)19-12(4,5)6/h9-10,16H,7-8H2,1-6H3,(H,17,18). The van der Waals surface area contributed by atoms with Crippen LogP contribution in [0.3, 0.4) is 0 Å². The van der Waals surface area contributed by atoms with Gasteiger partial charge in [0.2, 0.25) is 0 Å². The summed E-state index contributed by atoms with van der Waals surface area (Å²) in [6.07, 6.45) is -0.830. The maximum Gasteiger partial charge on any atom is 0.407 e. The van der Waals surface area contributed by atoms with Crippen molar-refractivity contribution in [1.29, 1.82) is 0 Å². The number of alkyl carbamates (subject to hydrolysis) is 1. The van der Waals surface area contributed by atoms with E-state index < -0.39 is 30.7 Å². The summed E-state index contributed by atoms with van der Waals surface area (Å²) in [4.78, 5) is 11.3. The lowest BCUT2D eigenvalue weighted by molar-refractivity contribution is -0.00614. The molecule has 6 heteroatoms. The summed E-state index contributed by atoms with van der Waals surface area (Å²) in [5.41, 5.74) is -0.691. The molecule has 1 amide bonds. The molecule has 19 heavy (non-hydrogen) atoms. The summed E-state index contributed by atoms with van der Waals surface area (Å²) < 4.78 is 31.9. The van der Waals surface area contributed by atoms with Crippen LogP contribution in [0.1, 0.15) is 41.5 Å². The Morgan fingerprint density at radius 2 is 1.68 bits per heavy atom. The summed E-state index contributed by atoms with van der Waals surface area (Å²) in [6.45, 7) is 9.58. The highest BCUT2D eigenvalue weighted by Crippen LogP contribution is 2.13. The Morgan fingerprint density at radius 3 is 2.11 bits per heavy atom. The number of hydrogen-bond donors (Lipinski definition) is 2. The summed E-state index contributed by atoms with van der Waals surface area (Å²) in [7, 11) is 0. The van der Waals surface area contributed by atoms with Gasteiger partial charge in [-0.3, -0.25) is 0 Å². The molecule has 4 nitrogen and oxygen atoms in total. The fraction of sp³-hybridized carbons (Fsp3) is 0.923. The van der Waals surface area contributed by atoms with Crippen LogP contribution in [0.4, 0.5) is 13.6 Å². The van der Waals surface area contributed by atoms with Gasteiger partial charge in [-0.15, -0.1) is 0 Å². The van der Waals surface area contributed by atoms with Gasteiger partial charge in [-0.25, -0.2) is 13.6 Å². The quantitative estimate of drug-likeness (QED) is 0.786. The van der Waals surface area contributed by atoms with Crippen molar-refractivity contribution in [3.05, 3.63) is 0 Å². The Morgan fingerprint density at radius 1 is 1.16 bits per heavy atom. The van der Waals surface area contributed by atoms with E-state index in [1.165, 1.54) is 0 Å². The molecule has 2 N–H and O–H groups in total. The van der Waals surface area contributed by atoms with Crippen LogP contribution in [0.15, 0.2) is 0 Å². The molecule has 0 saturated carbocycles. The van der Waals surface area contributed by atoms with Crippen molar-refractivity contribution < 1.29 is 18.3 Å². The molecule has 0 aromatic rings. The average molecular weight is 280 g/mol. The Labute approximate surface area is 114 Å². The van der Waals surface area contributed by atoms with Crippen LogP contribution in [-0.2, 0) is 4.74 Å². The van der Waals surface area contributed by atoms with Gasteiger partial charge in [-0.2, -0.15) is 0 Å². The van der Waals surface area contributed by atoms with Crippen LogP contribution in [0.5, 0.6) is 0 Å². The van der Waals surface area contributed by atoms with Crippen molar-refractivity contribution >= 4 is 6.09 Å². The molecule has 0 spiro atoms. The van der Waals surface area contributed by atoms with Crippen molar-refractivity contribution in [2.24, 2.45) is 5.92 Å². The highest BCUT2D eigenvalue weighted by molar-refractivity contribution is 5.67. The molecular formula is C13H26F2N2O2. The topological polar surface area (TPSA) is 50.4 Å². The van der Waals surface area contributed by atoms with E-state index in [0.717, 1.165) is 0 Å². The zero-order valence-electron chi connectivity index (χ0n) is 12.6. The zero-order valence-corrected chi connectivity index (χ0v) is 12.6. The van der Waals surface area contributed by atoms with E-state index >= 15 is 0 Å². The number of nitrogens with one attached hydrogen (secondary N) is 2. The monoisotopic (exact) mass is 280 g/mol. The minimum atomic E-state index is -3.00. The van der Waals surface area contributed by atoms with E-state index in [0.29, 0.717) is 0 Å². The van der Waals surface area contributed by atoms with Gasteiger partial charge in [-0.05, 0) is 33.6 Å². The van der Waals surface area contributed by atoms with Crippen LogP contribution in [-0.4, -0.2) is 36.7 Å². The second kappa shape index (κ2) is 7.03. The number of ether oxygens (including phenoxy) is 1. The summed E-state index contributed by atoms with van der Waals surface area (Å²) in [5.74, 6) is -2.73. The second-order valence-electron chi connectivity index (χ2n) is 6.12. The predicted octanol–water partition coefficient (Wildman–Crippen LogP) is 2.78. The van der Waals surface area contributed by atoms with Crippen molar-refractivity contribution in [2.45, 2.75) is 59.1 Å². The molecule has 0 aliphatic carbocycles. The van der Waals surface area contributed by atoms with Crippen LogP contribution in [0.2, 0.25) is 0 Å². The lowest BCUT2D eigenvalue weighted by atomic mass is 10.1. The molecule has 0 aliphatic rings. The zero-order chi connectivity index (χ0) is 15.3. The fourth-order valence-corrected chi connectivity index (χ4v) is 1.12. The number of carbonyl (C=O) groups is 1. The highest BCUT2D eigenvalue weighted by atomic mass is 19.3. The molecule has 0 aromatic heterocycles. The van der Waals surface area contributed by atoms with Gasteiger partial charge in [0.1, 0.15) is 5.60 Å². The van der Waals surface area contributed by atoms with E-state index in [4.69, 9.17) is 4.74 Å². The number of amides is 1. The Hall–Kier alpha value is -0.910. The smallest absolute Gasteiger partial charge is 0.407 e. The number of carbonyl (C=O) groups excluding carboxylic acids is 1. The molecule has 0 aromatic carbocycles. The molecule has 0 saturated heterocycles. The predicted molar refractivity (Wildman–Crippen MR) is 71.5 cm³/mol. The highest BCUT2D eigenvalue weighted by Gasteiger charge is 2.30. The lowest BCUT2D eigenvalue weighted by Crippen LogP contribution is -2.47. The van der Waals surface area contributed by atoms with Gasteiger partial charge in [-0.1, -0.05) is 13.8 Å². The van der Waals surface area contributed by atoms with Crippen LogP contribution >= 0.6 is 0 Å². The first-order valence-electron chi connectivity index (χ1n) is 6.51. The molecule has 1 atom stereocenters. The van der Waals surface area contributed by atoms with Crippen LogP contribution in [0, 0.1) is 5.92 Å². The molecule has 0 radical (unpaired) electrons. The molecule has 0 bridgehead atoms. The molecule has 0 rings (SSSR count). The maximum absolute atomic E-state index is 13.5. The third kappa shape index (κ3) is 9.64. The third-order valence-electron chi connectivity index (χ3n) is 2.57. The van der Waals surface area contributed by atoms with E-state index in [-0.39, 0.29) is 12.0 Å². The maximum atomic E-state index is 13.5. The SMILES string of the molecule is CC(C)C(C)NCC(F)(F)CNC(=O)OC(C)(C)C. The minimum absolute atomic E-state index is 0.00704. The van der Waals surface area contributed by atoms with Crippen molar-refractivity contribution in [2.75, 3.05) is 13.1 Å². The van der Waals surface area contributed by atoms with Crippen molar-refractivity contribution in [1.82, 2.24) is 10.6 Å². The number of hydrogen-bond acceptors (Lipinski definition) is 3. The largest absolute Gasteiger partial charge is 0.444 e. The van der Waals surface area contributed by atoms with Crippen LogP contribution < -0.4 is 10.6 Å². The first kappa shape index (κ1) is 18.1. The van der Waals surface area contributed by atoms with Crippen LogP contribution in [0.25, 0.3) is 0 Å². The minimum Gasteiger partial charge on any atom is -0.444 e. The van der Waals surface area contributed by atoms with Gasteiger partial charge in [0, 0.05) is 6.04 Å². The normalized spacial score (nSPS) is 14.4. The lowest BCUT2D eigenvalue weighted by Gasteiger charge is -2.24. The molecule has 1 unspecified atom stereocenters. The van der Waals surface area contributed by atoms with Gasteiger partial charge in [0.05, 0.1) is 13.1 Å². The van der Waals surface area contributed by atoms with E-state index in [1.54, 1.807) is 20.8 Å². The molecular weight excluding hydrogens is 254 g/mol. The molecule has 0 fully saturated rings. The number of alkyl halides is 2. The second-order valence-corrected chi connectivity index (χ2v) is 6.12. The van der Waals surface area contributed by atoms with E-state index in [1.807, 2.05) is 20.8 Å². The molecule has 0 aliphatic heterocycles. The van der Waals surface area contributed by atoms with E-state index in [2.05, 4.69) is 10.6 Å². The Bertz CT molecular complexity index is 289. The van der Waals surface area contributed by atoms with Crippen molar-refractivity contribution in [3.8, 4) is 0 Å². The first-order chi connectivity index (χ1) is 8.43. The van der Waals surface area contributed by atoms with Gasteiger partial charge < -0.3 is 15.4 Å². The van der Waals surface area contributed by atoms with Gasteiger partial charge in [0.25, 0.3) is 5.92 Å². The Kier molecular flexibility index (Phi) is 6.69. The number of halogens is 2. The summed E-state index contributed by atoms with van der Waals surface area (Å²) >= 11 is 0. The van der Waals surface area contributed by atoms with E-state index in [9.17, 15) is 13.6 Å². The third-order valence-corrected chi connectivity index (χ3v) is 2.57.